The number of nitrogens with zero attached hydrogens (tertiary/aromatic N) is 3. The zero-order valence-corrected chi connectivity index (χ0v) is 12.6. The van der Waals surface area contributed by atoms with Gasteiger partial charge in [-0.2, -0.15) is 5.26 Å². The first kappa shape index (κ1) is 14.5. The molecule has 1 atom stereocenters. The molecule has 0 bridgehead atoms. The molecule has 0 aromatic carbocycles. The maximum absolute atomic E-state index is 12.6. The van der Waals surface area contributed by atoms with E-state index in [1.165, 1.54) is 0 Å². The van der Waals surface area contributed by atoms with E-state index in [0.29, 0.717) is 12.2 Å². The van der Waals surface area contributed by atoms with Crippen molar-refractivity contribution in [3.8, 4) is 6.07 Å². The van der Waals surface area contributed by atoms with Gasteiger partial charge >= 0.3 is 0 Å². The summed E-state index contributed by atoms with van der Waals surface area (Å²) < 4.78 is 0. The lowest BCUT2D eigenvalue weighted by Crippen LogP contribution is -2.51. The maximum Gasteiger partial charge on any atom is 0.273 e. The van der Waals surface area contributed by atoms with Crippen LogP contribution in [0.2, 0.25) is 0 Å². The topological polar surface area (TPSA) is 57.0 Å². The van der Waals surface area contributed by atoms with E-state index in [4.69, 9.17) is 0 Å². The van der Waals surface area contributed by atoms with Gasteiger partial charge in [0.05, 0.1) is 6.07 Å². The summed E-state index contributed by atoms with van der Waals surface area (Å²) in [5, 5.41) is 9.43. The van der Waals surface area contributed by atoms with Gasteiger partial charge < -0.3 is 4.90 Å². The first-order valence-corrected chi connectivity index (χ1v) is 7.01. The molecule has 0 spiro atoms. The normalized spacial score (nSPS) is 21.4. The summed E-state index contributed by atoms with van der Waals surface area (Å²) in [6.07, 6.45) is 1.90. The number of aryl methyl sites for hydroxylation is 2. The zero-order chi connectivity index (χ0) is 14.9. The van der Waals surface area contributed by atoms with Gasteiger partial charge in [-0.25, -0.2) is 4.98 Å². The largest absolute Gasteiger partial charge is 0.321 e. The lowest BCUT2D eigenvalue weighted by atomic mass is 9.77. The second-order valence-electron chi connectivity index (χ2n) is 6.22. The number of pyridine rings is 1. The number of nitriles is 1. The molecule has 2 heterocycles. The predicted molar refractivity (Wildman–Crippen MR) is 77.2 cm³/mol. The molecule has 1 aliphatic rings. The van der Waals surface area contributed by atoms with Crippen LogP contribution < -0.4 is 0 Å². The molecule has 0 saturated carbocycles. The van der Waals surface area contributed by atoms with Crippen LogP contribution in [0.15, 0.2) is 12.1 Å². The average Bonchev–Trinajstić information content (AvgIpc) is 2.39. The molecule has 1 aliphatic heterocycles. The second kappa shape index (κ2) is 5.24. The number of likely N-dealkylation sites (tertiary alicyclic amines) is 1. The number of amides is 1. The van der Waals surface area contributed by atoms with Gasteiger partial charge in [-0.15, -0.1) is 0 Å². The first-order chi connectivity index (χ1) is 9.36. The van der Waals surface area contributed by atoms with E-state index in [2.05, 4.69) is 11.1 Å². The van der Waals surface area contributed by atoms with Crippen molar-refractivity contribution in [3.63, 3.8) is 0 Å². The van der Waals surface area contributed by atoms with Crippen LogP contribution in [0.5, 0.6) is 0 Å². The number of aromatic nitrogens is 1. The molecule has 4 nitrogen and oxygen atoms in total. The Bertz CT molecular complexity index is 572. The Hall–Kier alpha value is -1.89. The molecule has 0 aliphatic carbocycles. The first-order valence-electron chi connectivity index (χ1n) is 7.01. The number of hydrogen-bond donors (Lipinski definition) is 0. The molecule has 2 rings (SSSR count). The summed E-state index contributed by atoms with van der Waals surface area (Å²) in [6, 6.07) is 5.58. The Labute approximate surface area is 120 Å². The fourth-order valence-corrected chi connectivity index (χ4v) is 2.75. The van der Waals surface area contributed by atoms with Gasteiger partial charge in [-0.3, -0.25) is 4.79 Å². The van der Waals surface area contributed by atoms with Gasteiger partial charge in [0.2, 0.25) is 0 Å². The number of carbonyl (C=O) groups excluding carboxylic acids is 1. The smallest absolute Gasteiger partial charge is 0.273 e. The van der Waals surface area contributed by atoms with E-state index < -0.39 is 0 Å². The highest BCUT2D eigenvalue weighted by atomic mass is 16.2. The molecule has 0 N–H and O–H groups in total. The van der Waals surface area contributed by atoms with Crippen molar-refractivity contribution in [2.45, 2.75) is 46.6 Å². The number of carbonyl (C=O) groups is 1. The third-order valence-corrected chi connectivity index (χ3v) is 4.22. The molecular weight excluding hydrogens is 250 g/mol. The summed E-state index contributed by atoms with van der Waals surface area (Å²) in [5.41, 5.74) is 2.20. The van der Waals surface area contributed by atoms with Gasteiger partial charge in [-0.05, 0) is 43.7 Å². The minimum Gasteiger partial charge on any atom is -0.321 e. The highest BCUT2D eigenvalue weighted by Crippen LogP contribution is 2.35. The van der Waals surface area contributed by atoms with Crippen molar-refractivity contribution in [2.75, 3.05) is 6.54 Å². The van der Waals surface area contributed by atoms with Gasteiger partial charge in [0.15, 0.2) is 0 Å². The van der Waals surface area contributed by atoms with Crippen molar-refractivity contribution in [1.82, 2.24) is 9.88 Å². The van der Waals surface area contributed by atoms with Gasteiger partial charge in [-0.1, -0.05) is 19.9 Å². The molecule has 1 aromatic heterocycles. The van der Waals surface area contributed by atoms with Crippen LogP contribution >= 0.6 is 0 Å². The third-order valence-electron chi connectivity index (χ3n) is 4.22. The number of piperidine rings is 1. The van der Waals surface area contributed by atoms with Crippen molar-refractivity contribution in [1.29, 1.82) is 5.26 Å². The van der Waals surface area contributed by atoms with Crippen LogP contribution in [-0.2, 0) is 0 Å². The fourth-order valence-electron chi connectivity index (χ4n) is 2.75. The third kappa shape index (κ3) is 2.53. The van der Waals surface area contributed by atoms with Crippen molar-refractivity contribution < 1.29 is 4.79 Å². The standard InChI is InChI=1S/C16H21N3O/c1-11-6-7-13(18-12(11)2)15(20)19-9-5-8-16(3,4)14(19)10-17/h6-7,14H,5,8-9H2,1-4H3/t14-/m1/s1. The number of hydrogen-bond acceptors (Lipinski definition) is 3. The monoisotopic (exact) mass is 271 g/mol. The van der Waals surface area contributed by atoms with Crippen LogP contribution in [0.4, 0.5) is 0 Å². The Kier molecular flexibility index (Phi) is 3.80. The van der Waals surface area contributed by atoms with Gasteiger partial charge in [0.25, 0.3) is 5.91 Å². The highest BCUT2D eigenvalue weighted by molar-refractivity contribution is 5.93. The average molecular weight is 271 g/mol. The van der Waals surface area contributed by atoms with Crippen LogP contribution in [-0.4, -0.2) is 28.4 Å². The van der Waals surface area contributed by atoms with E-state index in [1.807, 2.05) is 33.8 Å². The van der Waals surface area contributed by atoms with Gasteiger partial charge in [0, 0.05) is 12.2 Å². The molecular formula is C16H21N3O. The minimum absolute atomic E-state index is 0.132. The lowest BCUT2D eigenvalue weighted by Gasteiger charge is -2.42. The summed E-state index contributed by atoms with van der Waals surface area (Å²) in [7, 11) is 0. The lowest BCUT2D eigenvalue weighted by molar-refractivity contribution is 0.0432. The molecule has 4 heteroatoms. The summed E-state index contributed by atoms with van der Waals surface area (Å²) in [4.78, 5) is 18.7. The highest BCUT2D eigenvalue weighted by Gasteiger charge is 2.40. The fraction of sp³-hybridized carbons (Fsp3) is 0.562. The molecule has 1 fully saturated rings. The van der Waals surface area contributed by atoms with Crippen LogP contribution in [0.25, 0.3) is 0 Å². The van der Waals surface area contributed by atoms with Crippen LogP contribution in [0.3, 0.4) is 0 Å². The van der Waals surface area contributed by atoms with Crippen molar-refractivity contribution >= 4 is 5.91 Å². The molecule has 1 aromatic rings. The minimum atomic E-state index is -0.382. The molecule has 20 heavy (non-hydrogen) atoms. The maximum atomic E-state index is 12.6. The quantitative estimate of drug-likeness (QED) is 0.789. The molecule has 0 unspecified atom stereocenters. The van der Waals surface area contributed by atoms with E-state index in [1.54, 1.807) is 11.0 Å². The van der Waals surface area contributed by atoms with E-state index in [0.717, 1.165) is 24.1 Å². The van der Waals surface area contributed by atoms with E-state index >= 15 is 0 Å². The summed E-state index contributed by atoms with van der Waals surface area (Å²) in [5.74, 6) is -0.132. The molecule has 1 saturated heterocycles. The van der Waals surface area contributed by atoms with Crippen LogP contribution in [0.1, 0.15) is 48.4 Å². The second-order valence-corrected chi connectivity index (χ2v) is 6.22. The summed E-state index contributed by atoms with van der Waals surface area (Å²) >= 11 is 0. The van der Waals surface area contributed by atoms with E-state index in [-0.39, 0.29) is 17.4 Å². The van der Waals surface area contributed by atoms with Gasteiger partial charge in [0.1, 0.15) is 11.7 Å². The van der Waals surface area contributed by atoms with Crippen molar-refractivity contribution in [3.05, 3.63) is 29.1 Å². The van der Waals surface area contributed by atoms with Crippen molar-refractivity contribution in [2.24, 2.45) is 5.41 Å². The predicted octanol–water partition coefficient (Wildman–Crippen LogP) is 2.85. The Morgan fingerprint density at radius 2 is 2.15 bits per heavy atom. The Morgan fingerprint density at radius 3 is 2.75 bits per heavy atom. The molecule has 0 radical (unpaired) electrons. The molecule has 106 valence electrons. The van der Waals surface area contributed by atoms with Crippen LogP contribution in [0, 0.1) is 30.6 Å². The summed E-state index contributed by atoms with van der Waals surface area (Å²) in [6.45, 7) is 8.60. The SMILES string of the molecule is Cc1ccc(C(=O)N2CCCC(C)(C)[C@H]2C#N)nc1C. The zero-order valence-electron chi connectivity index (χ0n) is 12.6. The Morgan fingerprint density at radius 1 is 1.45 bits per heavy atom. The Balaban J connectivity index is 2.32. The van der Waals surface area contributed by atoms with E-state index in [9.17, 15) is 10.1 Å². The number of rotatable bonds is 1. The molecule has 1 amide bonds.